The highest BCUT2D eigenvalue weighted by molar-refractivity contribution is 5.57. The van der Waals surface area contributed by atoms with Crippen LogP contribution < -0.4 is 10.3 Å². The van der Waals surface area contributed by atoms with Gasteiger partial charge in [-0.05, 0) is 18.2 Å². The smallest absolute Gasteiger partial charge is 0.258 e. The van der Waals surface area contributed by atoms with E-state index in [1.807, 2.05) is 30.3 Å². The van der Waals surface area contributed by atoms with Gasteiger partial charge in [0.25, 0.3) is 5.56 Å². The normalized spacial score (nSPS) is 12.2. The summed E-state index contributed by atoms with van der Waals surface area (Å²) in [6.07, 6.45) is 0.305. The Morgan fingerprint density at radius 3 is 2.77 bits per heavy atom. The van der Waals surface area contributed by atoms with Crippen molar-refractivity contribution in [3.05, 3.63) is 75.8 Å². The highest BCUT2D eigenvalue weighted by Gasteiger charge is 2.22. The number of hydrogen-bond acceptors (Lipinski definition) is 3. The van der Waals surface area contributed by atoms with Crippen molar-refractivity contribution in [2.24, 2.45) is 0 Å². The third-order valence-corrected chi connectivity index (χ3v) is 3.62. The maximum Gasteiger partial charge on any atom is 0.258 e. The van der Waals surface area contributed by atoms with E-state index < -0.39 is 0 Å². The monoisotopic (exact) mass is 294 g/mol. The van der Waals surface area contributed by atoms with Crippen molar-refractivity contribution >= 4 is 0 Å². The predicted molar refractivity (Wildman–Crippen MR) is 79.6 cm³/mol. The molecule has 3 aromatic rings. The highest BCUT2D eigenvalue weighted by Crippen LogP contribution is 2.34. The number of ether oxygens (including phenoxy) is 1. The fourth-order valence-corrected chi connectivity index (χ4v) is 2.53. The molecule has 0 saturated carbocycles. The molecule has 1 aliphatic rings. The first-order chi connectivity index (χ1) is 10.7. The van der Waals surface area contributed by atoms with E-state index in [2.05, 4.69) is 9.97 Å². The van der Waals surface area contributed by atoms with Crippen molar-refractivity contribution in [2.45, 2.75) is 6.42 Å². The molecule has 22 heavy (non-hydrogen) atoms. The van der Waals surface area contributed by atoms with E-state index in [0.717, 1.165) is 5.56 Å². The second-order valence-electron chi connectivity index (χ2n) is 5.10. The highest BCUT2D eigenvalue weighted by atomic mass is 19.1. The lowest BCUT2D eigenvalue weighted by Gasteiger charge is -2.19. The summed E-state index contributed by atoms with van der Waals surface area (Å²) in [5.74, 6) is 0.915. The summed E-state index contributed by atoms with van der Waals surface area (Å²) in [6.45, 7) is 0. The van der Waals surface area contributed by atoms with Crippen LogP contribution in [-0.2, 0) is 6.42 Å². The van der Waals surface area contributed by atoms with E-state index in [0.29, 0.717) is 29.1 Å². The summed E-state index contributed by atoms with van der Waals surface area (Å²) in [7, 11) is 0. The number of halogens is 1. The molecule has 0 amide bonds. The zero-order chi connectivity index (χ0) is 15.1. The largest absolute Gasteiger partial charge is 0.438 e. The van der Waals surface area contributed by atoms with Crippen molar-refractivity contribution < 1.29 is 9.13 Å². The van der Waals surface area contributed by atoms with Crippen molar-refractivity contribution in [1.82, 2.24) is 9.97 Å². The molecule has 5 heteroatoms. The van der Waals surface area contributed by atoms with Gasteiger partial charge in [0.2, 0.25) is 5.88 Å². The average Bonchev–Trinajstić information content (AvgIpc) is 2.54. The van der Waals surface area contributed by atoms with Crippen LogP contribution in [-0.4, -0.2) is 9.97 Å². The summed E-state index contributed by atoms with van der Waals surface area (Å²) in [5, 5.41) is 0. The number of fused-ring (bicyclic) bond motifs is 2. The molecule has 0 saturated heterocycles. The number of H-pyrrole nitrogens is 1. The molecule has 1 aliphatic heterocycles. The molecule has 4 rings (SSSR count). The van der Waals surface area contributed by atoms with Crippen LogP contribution in [0.15, 0.2) is 53.3 Å². The molecule has 0 unspecified atom stereocenters. The third-order valence-electron chi connectivity index (χ3n) is 3.62. The number of aromatic amines is 1. The molecule has 0 aliphatic carbocycles. The molecule has 0 atom stereocenters. The zero-order valence-electron chi connectivity index (χ0n) is 11.5. The van der Waals surface area contributed by atoms with Gasteiger partial charge in [-0.25, -0.2) is 4.39 Å². The van der Waals surface area contributed by atoms with Crippen LogP contribution in [0.3, 0.4) is 0 Å². The topological polar surface area (TPSA) is 55.0 Å². The van der Waals surface area contributed by atoms with E-state index in [-0.39, 0.29) is 17.3 Å². The van der Waals surface area contributed by atoms with E-state index in [1.54, 1.807) is 6.07 Å². The first kappa shape index (κ1) is 12.8. The van der Waals surface area contributed by atoms with Gasteiger partial charge in [-0.2, -0.15) is 4.98 Å². The molecule has 4 nitrogen and oxygen atoms in total. The molecule has 1 aromatic heterocycles. The average molecular weight is 294 g/mol. The van der Waals surface area contributed by atoms with Crippen molar-refractivity contribution in [3.63, 3.8) is 0 Å². The number of aromatic nitrogens is 2. The zero-order valence-corrected chi connectivity index (χ0v) is 11.5. The Morgan fingerprint density at radius 1 is 1.14 bits per heavy atom. The Morgan fingerprint density at radius 2 is 1.95 bits per heavy atom. The first-order valence-corrected chi connectivity index (χ1v) is 6.85. The van der Waals surface area contributed by atoms with Gasteiger partial charge in [-0.3, -0.25) is 4.79 Å². The second-order valence-corrected chi connectivity index (χ2v) is 5.10. The maximum atomic E-state index is 13.3. The van der Waals surface area contributed by atoms with E-state index in [1.165, 1.54) is 12.1 Å². The molecule has 1 N–H and O–H groups in total. The van der Waals surface area contributed by atoms with Crippen molar-refractivity contribution in [2.75, 3.05) is 0 Å². The van der Waals surface area contributed by atoms with Gasteiger partial charge >= 0.3 is 0 Å². The fourth-order valence-electron chi connectivity index (χ4n) is 2.53. The summed E-state index contributed by atoms with van der Waals surface area (Å²) in [4.78, 5) is 19.4. The number of nitrogens with one attached hydrogen (secondary N) is 1. The van der Waals surface area contributed by atoms with Crippen LogP contribution in [0.5, 0.6) is 11.6 Å². The minimum Gasteiger partial charge on any atom is -0.438 e. The Labute approximate surface area is 125 Å². The first-order valence-electron chi connectivity index (χ1n) is 6.85. The van der Waals surface area contributed by atoms with Gasteiger partial charge in [-0.1, -0.05) is 30.3 Å². The summed E-state index contributed by atoms with van der Waals surface area (Å²) in [5.41, 5.74) is 1.60. The van der Waals surface area contributed by atoms with Crippen LogP contribution >= 0.6 is 0 Å². The lowest BCUT2D eigenvalue weighted by atomic mass is 10.0. The minimum atomic E-state index is -0.351. The van der Waals surface area contributed by atoms with Crippen LogP contribution in [0.4, 0.5) is 4.39 Å². The minimum absolute atomic E-state index is 0.265. The predicted octanol–water partition coefficient (Wildman–Crippen LogP) is 3.27. The molecule has 0 spiro atoms. The van der Waals surface area contributed by atoms with E-state index >= 15 is 0 Å². The fraction of sp³-hybridized carbons (Fsp3) is 0.0588. The Kier molecular flexibility index (Phi) is 2.79. The molecule has 2 heterocycles. The van der Waals surface area contributed by atoms with Gasteiger partial charge in [0, 0.05) is 17.5 Å². The lowest BCUT2D eigenvalue weighted by Crippen LogP contribution is -2.20. The molecule has 2 aromatic carbocycles. The van der Waals surface area contributed by atoms with E-state index in [9.17, 15) is 9.18 Å². The van der Waals surface area contributed by atoms with Crippen LogP contribution in [0.1, 0.15) is 11.1 Å². The third kappa shape index (κ3) is 2.07. The Balaban J connectivity index is 1.83. The SMILES string of the molecule is O=c1[nH]c(-c2ccccc2)nc2c1Cc1cc(F)ccc1O2. The number of benzene rings is 2. The van der Waals surface area contributed by atoms with Crippen molar-refractivity contribution in [3.8, 4) is 23.0 Å². The molecule has 0 radical (unpaired) electrons. The summed E-state index contributed by atoms with van der Waals surface area (Å²) in [6, 6.07) is 13.6. The molecular formula is C17H11FN2O2. The molecule has 0 fully saturated rings. The standard InChI is InChI=1S/C17H11FN2O2/c18-12-6-7-14-11(8-12)9-13-16(21)19-15(20-17(13)22-14)10-4-2-1-3-5-10/h1-8H,9H2,(H,19,20,21). The van der Waals surface area contributed by atoms with Gasteiger partial charge < -0.3 is 9.72 Å². The van der Waals surface area contributed by atoms with Gasteiger partial charge in [-0.15, -0.1) is 0 Å². The number of nitrogens with zero attached hydrogens (tertiary/aromatic N) is 1. The van der Waals surface area contributed by atoms with Crippen molar-refractivity contribution in [1.29, 1.82) is 0 Å². The Bertz CT molecular complexity index is 920. The molecule has 108 valence electrons. The van der Waals surface area contributed by atoms with Gasteiger partial charge in [0.15, 0.2) is 0 Å². The Hall–Kier alpha value is -2.95. The van der Waals surface area contributed by atoms with Gasteiger partial charge in [0.1, 0.15) is 17.4 Å². The maximum absolute atomic E-state index is 13.3. The number of rotatable bonds is 1. The van der Waals surface area contributed by atoms with Crippen LogP contribution in [0, 0.1) is 5.82 Å². The second kappa shape index (κ2) is 4.80. The summed E-state index contributed by atoms with van der Waals surface area (Å²) < 4.78 is 19.0. The molecule has 0 bridgehead atoms. The quantitative estimate of drug-likeness (QED) is 0.586. The summed E-state index contributed by atoms with van der Waals surface area (Å²) >= 11 is 0. The van der Waals surface area contributed by atoms with Gasteiger partial charge in [0.05, 0.1) is 5.56 Å². The lowest BCUT2D eigenvalue weighted by molar-refractivity contribution is 0.436. The van der Waals surface area contributed by atoms with E-state index in [4.69, 9.17) is 4.74 Å². The van der Waals surface area contributed by atoms with Crippen LogP contribution in [0.2, 0.25) is 0 Å². The number of hydrogen-bond donors (Lipinski definition) is 1. The molecular weight excluding hydrogens is 283 g/mol. The van der Waals surface area contributed by atoms with Crippen LogP contribution in [0.25, 0.3) is 11.4 Å².